The molecule has 6 heteroatoms. The van der Waals surface area contributed by atoms with Crippen LogP contribution < -0.4 is 11.2 Å². The minimum atomic E-state index is -0.381. The molecule has 0 radical (unpaired) electrons. The summed E-state index contributed by atoms with van der Waals surface area (Å²) in [4.78, 5) is 17.2. The molecule has 1 aromatic rings. The Labute approximate surface area is 94.2 Å². The summed E-state index contributed by atoms with van der Waals surface area (Å²) in [6, 6.07) is 4.86. The van der Waals surface area contributed by atoms with Crippen LogP contribution in [0.5, 0.6) is 0 Å². The third-order valence-corrected chi connectivity index (χ3v) is 1.92. The summed E-state index contributed by atoms with van der Waals surface area (Å²) in [5, 5.41) is 3.77. The molecule has 0 aliphatic carbocycles. The number of nitrogens with zero attached hydrogens (tertiary/aromatic N) is 3. The number of rotatable bonds is 4. The third kappa shape index (κ3) is 3.56. The Bertz CT molecular complexity index is 391. The van der Waals surface area contributed by atoms with E-state index in [2.05, 4.69) is 15.5 Å². The summed E-state index contributed by atoms with van der Waals surface area (Å²) in [6.45, 7) is 2.79. The van der Waals surface area contributed by atoms with Gasteiger partial charge in [-0.25, -0.2) is 10.4 Å². The van der Waals surface area contributed by atoms with Gasteiger partial charge in [0.05, 0.1) is 0 Å². The highest BCUT2D eigenvalue weighted by Gasteiger charge is 2.05. The van der Waals surface area contributed by atoms with Crippen LogP contribution in [0.4, 0.5) is 5.82 Å². The molecule has 0 fully saturated rings. The van der Waals surface area contributed by atoms with E-state index in [1.165, 1.54) is 6.34 Å². The van der Waals surface area contributed by atoms with Crippen LogP contribution >= 0.6 is 0 Å². The Balaban J connectivity index is 2.56. The van der Waals surface area contributed by atoms with Crippen LogP contribution in [0, 0.1) is 0 Å². The van der Waals surface area contributed by atoms with Gasteiger partial charge in [-0.1, -0.05) is 6.07 Å². The molecule has 0 atom stereocenters. The van der Waals surface area contributed by atoms with E-state index in [1.54, 1.807) is 18.2 Å². The standard InChI is InChI=1S/C10H15N5O/c1-3-15(2)7-12-14-10(16)8-5-4-6-9(11)13-8/h4-7H,3H2,1-2H3,(H2,11,13)(H,14,16)/b12-7+. The molecule has 0 spiro atoms. The number of hydrazone groups is 1. The van der Waals surface area contributed by atoms with E-state index in [0.717, 1.165) is 6.54 Å². The molecule has 1 rings (SSSR count). The number of nitrogens with two attached hydrogens (primary N) is 1. The monoisotopic (exact) mass is 221 g/mol. The molecule has 0 saturated heterocycles. The van der Waals surface area contributed by atoms with E-state index in [1.807, 2.05) is 18.9 Å². The number of amides is 1. The van der Waals surface area contributed by atoms with E-state index in [0.29, 0.717) is 5.82 Å². The number of carbonyl (C=O) groups is 1. The topological polar surface area (TPSA) is 83.6 Å². The zero-order chi connectivity index (χ0) is 12.0. The van der Waals surface area contributed by atoms with Gasteiger partial charge in [-0.3, -0.25) is 4.79 Å². The average Bonchev–Trinajstić information content (AvgIpc) is 2.28. The molecule has 1 heterocycles. The van der Waals surface area contributed by atoms with E-state index in [-0.39, 0.29) is 11.6 Å². The van der Waals surface area contributed by atoms with Gasteiger partial charge in [0, 0.05) is 13.6 Å². The van der Waals surface area contributed by atoms with Gasteiger partial charge in [0.2, 0.25) is 0 Å². The first-order valence-corrected chi connectivity index (χ1v) is 4.89. The molecule has 0 aliphatic rings. The summed E-state index contributed by atoms with van der Waals surface area (Å²) in [5.74, 6) is -0.0737. The fourth-order valence-corrected chi connectivity index (χ4v) is 0.903. The number of hydrogen-bond donors (Lipinski definition) is 2. The van der Waals surface area contributed by atoms with Crippen LogP contribution in [-0.2, 0) is 0 Å². The summed E-state index contributed by atoms with van der Waals surface area (Å²) < 4.78 is 0. The van der Waals surface area contributed by atoms with Crippen molar-refractivity contribution in [1.29, 1.82) is 0 Å². The van der Waals surface area contributed by atoms with Gasteiger partial charge < -0.3 is 10.6 Å². The van der Waals surface area contributed by atoms with Crippen molar-refractivity contribution in [3.8, 4) is 0 Å². The quantitative estimate of drug-likeness (QED) is 0.435. The van der Waals surface area contributed by atoms with Crippen LogP contribution in [0.25, 0.3) is 0 Å². The maximum atomic E-state index is 11.5. The minimum absolute atomic E-state index is 0.247. The second-order valence-corrected chi connectivity index (χ2v) is 3.21. The van der Waals surface area contributed by atoms with Gasteiger partial charge in [-0.05, 0) is 19.1 Å². The van der Waals surface area contributed by atoms with Crippen molar-refractivity contribution >= 4 is 18.1 Å². The van der Waals surface area contributed by atoms with Gasteiger partial charge in [0.1, 0.15) is 17.9 Å². The van der Waals surface area contributed by atoms with Gasteiger partial charge in [-0.2, -0.15) is 5.10 Å². The lowest BCUT2D eigenvalue weighted by Gasteiger charge is -2.07. The number of aromatic nitrogens is 1. The molecule has 1 amide bonds. The first-order chi connectivity index (χ1) is 7.63. The van der Waals surface area contributed by atoms with Crippen molar-refractivity contribution in [1.82, 2.24) is 15.3 Å². The van der Waals surface area contributed by atoms with Gasteiger partial charge in [0.15, 0.2) is 0 Å². The van der Waals surface area contributed by atoms with Crippen molar-refractivity contribution in [3.63, 3.8) is 0 Å². The van der Waals surface area contributed by atoms with Crippen LogP contribution in [0.1, 0.15) is 17.4 Å². The van der Waals surface area contributed by atoms with E-state index < -0.39 is 0 Å². The molecular weight excluding hydrogens is 206 g/mol. The highest BCUT2D eigenvalue weighted by molar-refractivity contribution is 5.92. The lowest BCUT2D eigenvalue weighted by molar-refractivity contribution is 0.0950. The fraction of sp³-hybridized carbons (Fsp3) is 0.300. The van der Waals surface area contributed by atoms with Crippen LogP contribution in [0.3, 0.4) is 0 Å². The first kappa shape index (κ1) is 12.0. The first-order valence-electron chi connectivity index (χ1n) is 4.89. The Morgan fingerprint density at radius 1 is 1.69 bits per heavy atom. The van der Waals surface area contributed by atoms with Crippen molar-refractivity contribution in [2.24, 2.45) is 5.10 Å². The Morgan fingerprint density at radius 3 is 3.06 bits per heavy atom. The molecule has 0 bridgehead atoms. The van der Waals surface area contributed by atoms with Crippen LogP contribution in [0.2, 0.25) is 0 Å². The molecule has 0 aromatic carbocycles. The van der Waals surface area contributed by atoms with Crippen molar-refractivity contribution < 1.29 is 4.79 Å². The molecule has 16 heavy (non-hydrogen) atoms. The second kappa shape index (κ2) is 5.69. The molecule has 1 aromatic heterocycles. The molecule has 6 nitrogen and oxygen atoms in total. The summed E-state index contributed by atoms with van der Waals surface area (Å²) >= 11 is 0. The molecule has 0 saturated carbocycles. The van der Waals surface area contributed by atoms with Crippen LogP contribution in [0.15, 0.2) is 23.3 Å². The number of carbonyl (C=O) groups excluding carboxylic acids is 1. The predicted octanol–water partition coefficient (Wildman–Crippen LogP) is 0.289. The van der Waals surface area contributed by atoms with E-state index in [9.17, 15) is 4.79 Å². The highest BCUT2D eigenvalue weighted by Crippen LogP contribution is 1.99. The molecule has 0 aliphatic heterocycles. The van der Waals surface area contributed by atoms with Crippen molar-refractivity contribution in [3.05, 3.63) is 23.9 Å². The zero-order valence-electron chi connectivity index (χ0n) is 9.34. The number of pyridine rings is 1. The SMILES string of the molecule is CCN(C)/C=N/NC(=O)c1cccc(N)n1. The van der Waals surface area contributed by atoms with Gasteiger partial charge >= 0.3 is 0 Å². The maximum absolute atomic E-state index is 11.5. The molecular formula is C10H15N5O. The Kier molecular flexibility index (Phi) is 4.26. The normalized spacial score (nSPS) is 10.4. The predicted molar refractivity (Wildman–Crippen MR) is 62.9 cm³/mol. The number of nitrogens with one attached hydrogen (secondary N) is 1. The molecule has 86 valence electrons. The van der Waals surface area contributed by atoms with E-state index >= 15 is 0 Å². The second-order valence-electron chi connectivity index (χ2n) is 3.21. The Hall–Kier alpha value is -2.11. The lowest BCUT2D eigenvalue weighted by atomic mass is 10.3. The van der Waals surface area contributed by atoms with Crippen molar-refractivity contribution in [2.75, 3.05) is 19.3 Å². The van der Waals surface area contributed by atoms with E-state index in [4.69, 9.17) is 5.73 Å². The summed E-state index contributed by atoms with van der Waals surface area (Å²) in [7, 11) is 1.86. The maximum Gasteiger partial charge on any atom is 0.290 e. The van der Waals surface area contributed by atoms with Gasteiger partial charge in [0.25, 0.3) is 5.91 Å². The molecule has 3 N–H and O–H groups in total. The fourth-order valence-electron chi connectivity index (χ4n) is 0.903. The highest BCUT2D eigenvalue weighted by atomic mass is 16.2. The lowest BCUT2D eigenvalue weighted by Crippen LogP contribution is -2.22. The average molecular weight is 221 g/mol. The summed E-state index contributed by atoms with van der Waals surface area (Å²) in [6.07, 6.45) is 1.53. The van der Waals surface area contributed by atoms with Crippen LogP contribution in [-0.4, -0.2) is 35.7 Å². The molecule has 0 unspecified atom stereocenters. The zero-order valence-corrected chi connectivity index (χ0v) is 9.34. The van der Waals surface area contributed by atoms with Gasteiger partial charge in [-0.15, -0.1) is 0 Å². The smallest absolute Gasteiger partial charge is 0.290 e. The minimum Gasteiger partial charge on any atom is -0.384 e. The third-order valence-electron chi connectivity index (χ3n) is 1.92. The number of anilines is 1. The largest absolute Gasteiger partial charge is 0.384 e. The summed E-state index contributed by atoms with van der Waals surface area (Å²) in [5.41, 5.74) is 8.07. The van der Waals surface area contributed by atoms with Crippen molar-refractivity contribution in [2.45, 2.75) is 6.92 Å². The Morgan fingerprint density at radius 2 is 2.44 bits per heavy atom. The number of nitrogen functional groups attached to an aromatic ring is 1. The number of hydrogen-bond acceptors (Lipinski definition) is 4.